The van der Waals surface area contributed by atoms with Crippen molar-refractivity contribution in [1.29, 1.82) is 0 Å². The van der Waals surface area contributed by atoms with Gasteiger partial charge in [0.2, 0.25) is 0 Å². The van der Waals surface area contributed by atoms with Gasteiger partial charge in [-0.15, -0.1) is 0 Å². The maximum absolute atomic E-state index is 6.17. The third-order valence-corrected chi connectivity index (χ3v) is 5.28. The highest BCUT2D eigenvalue weighted by molar-refractivity contribution is 7.80. The molecule has 0 aromatic heterocycles. The Morgan fingerprint density at radius 2 is 1.70 bits per heavy atom. The molecule has 1 fully saturated rings. The third kappa shape index (κ3) is 5.03. The van der Waals surface area contributed by atoms with E-state index in [1.807, 2.05) is 6.07 Å². The lowest BCUT2D eigenvalue weighted by Gasteiger charge is -2.36. The topological polar surface area (TPSA) is 37.0 Å². The van der Waals surface area contributed by atoms with Gasteiger partial charge >= 0.3 is 0 Å². The number of piperazine rings is 1. The lowest BCUT2D eigenvalue weighted by molar-refractivity contribution is 0.177. The molecular formula is C20H24ClN3O2S. The third-order valence-electron chi connectivity index (χ3n) is 4.62. The van der Waals surface area contributed by atoms with Crippen molar-refractivity contribution in [3.05, 3.63) is 53.1 Å². The normalized spacial score (nSPS) is 14.7. The van der Waals surface area contributed by atoms with Gasteiger partial charge in [-0.3, -0.25) is 4.90 Å². The number of nitrogens with one attached hydrogen (secondary N) is 1. The molecule has 7 heteroatoms. The molecule has 0 radical (unpaired) electrons. The van der Waals surface area contributed by atoms with Crippen molar-refractivity contribution in [2.24, 2.45) is 0 Å². The summed E-state index contributed by atoms with van der Waals surface area (Å²) in [6, 6.07) is 14.1. The average molecular weight is 406 g/mol. The summed E-state index contributed by atoms with van der Waals surface area (Å²) in [4.78, 5) is 4.62. The number of hydrogen-bond donors (Lipinski definition) is 1. The van der Waals surface area contributed by atoms with E-state index in [1.165, 1.54) is 5.56 Å². The van der Waals surface area contributed by atoms with Gasteiger partial charge in [-0.05, 0) is 17.8 Å². The summed E-state index contributed by atoms with van der Waals surface area (Å²) in [7, 11) is 3.19. The standard InChI is InChI=1S/C20H24ClN3O2S/c1-25-18-13-17(19(26-2)12-16(18)21)22-20(27)24-10-8-23(9-11-24)14-15-6-4-3-5-7-15/h3-7,12-13H,8-11,14H2,1-2H3,(H,22,27). The fourth-order valence-corrected chi connectivity index (χ4v) is 3.63. The van der Waals surface area contributed by atoms with E-state index in [1.54, 1.807) is 26.4 Å². The van der Waals surface area contributed by atoms with E-state index < -0.39 is 0 Å². The zero-order valence-corrected chi connectivity index (χ0v) is 17.1. The van der Waals surface area contributed by atoms with Gasteiger partial charge in [0.25, 0.3) is 0 Å². The minimum Gasteiger partial charge on any atom is -0.495 e. The van der Waals surface area contributed by atoms with Gasteiger partial charge in [-0.25, -0.2) is 0 Å². The van der Waals surface area contributed by atoms with E-state index in [0.717, 1.165) is 38.4 Å². The molecule has 0 spiro atoms. The minimum absolute atomic E-state index is 0.500. The average Bonchev–Trinajstić information content (AvgIpc) is 2.70. The molecule has 1 N–H and O–H groups in total. The Bertz CT molecular complexity index is 780. The number of hydrogen-bond acceptors (Lipinski definition) is 4. The van der Waals surface area contributed by atoms with E-state index in [4.69, 9.17) is 33.3 Å². The number of thiocarbonyl (C=S) groups is 1. The molecular weight excluding hydrogens is 382 g/mol. The first-order chi connectivity index (χ1) is 13.1. The highest BCUT2D eigenvalue weighted by Gasteiger charge is 2.20. The van der Waals surface area contributed by atoms with Crippen molar-refractivity contribution >= 4 is 34.6 Å². The van der Waals surface area contributed by atoms with Gasteiger partial charge < -0.3 is 19.7 Å². The minimum atomic E-state index is 0.500. The molecule has 0 bridgehead atoms. The van der Waals surface area contributed by atoms with Gasteiger partial charge in [0.15, 0.2) is 5.11 Å². The van der Waals surface area contributed by atoms with E-state index in [2.05, 4.69) is 39.4 Å². The van der Waals surface area contributed by atoms with E-state index >= 15 is 0 Å². The molecule has 0 aliphatic carbocycles. The molecule has 0 atom stereocenters. The predicted octanol–water partition coefficient (Wildman–Crippen LogP) is 3.87. The molecule has 144 valence electrons. The molecule has 3 rings (SSSR count). The SMILES string of the molecule is COc1cc(NC(=S)N2CCN(Cc3ccccc3)CC2)c(OC)cc1Cl. The molecule has 1 saturated heterocycles. The van der Waals surface area contributed by atoms with Crippen LogP contribution in [0.1, 0.15) is 5.56 Å². The quantitative estimate of drug-likeness (QED) is 0.761. The fraction of sp³-hybridized carbons (Fsp3) is 0.350. The first-order valence-corrected chi connectivity index (χ1v) is 9.63. The summed E-state index contributed by atoms with van der Waals surface area (Å²) in [5, 5.41) is 4.45. The molecule has 0 unspecified atom stereocenters. The van der Waals surface area contributed by atoms with Crippen molar-refractivity contribution in [3.8, 4) is 11.5 Å². The lowest BCUT2D eigenvalue weighted by atomic mass is 10.2. The van der Waals surface area contributed by atoms with Crippen molar-refractivity contribution in [3.63, 3.8) is 0 Å². The van der Waals surface area contributed by atoms with Crippen LogP contribution in [0.4, 0.5) is 5.69 Å². The lowest BCUT2D eigenvalue weighted by Crippen LogP contribution is -2.49. The number of rotatable bonds is 5. The van der Waals surface area contributed by atoms with Crippen LogP contribution in [0.25, 0.3) is 0 Å². The van der Waals surface area contributed by atoms with Crippen molar-refractivity contribution in [2.45, 2.75) is 6.54 Å². The summed E-state index contributed by atoms with van der Waals surface area (Å²) in [5.41, 5.74) is 2.08. The smallest absolute Gasteiger partial charge is 0.173 e. The molecule has 2 aromatic carbocycles. The summed E-state index contributed by atoms with van der Waals surface area (Å²) >= 11 is 11.8. The highest BCUT2D eigenvalue weighted by atomic mass is 35.5. The zero-order valence-electron chi connectivity index (χ0n) is 15.6. The number of ether oxygens (including phenoxy) is 2. The van der Waals surface area contributed by atoms with Gasteiger partial charge in [0, 0.05) is 44.9 Å². The second-order valence-electron chi connectivity index (χ2n) is 6.37. The first kappa shape index (κ1) is 19.7. The molecule has 0 saturated carbocycles. The summed E-state index contributed by atoms with van der Waals surface area (Å²) in [6.07, 6.45) is 0. The van der Waals surface area contributed by atoms with Crippen LogP contribution in [0.3, 0.4) is 0 Å². The van der Waals surface area contributed by atoms with Crippen LogP contribution >= 0.6 is 23.8 Å². The Hall–Kier alpha value is -2.02. The summed E-state index contributed by atoms with van der Waals surface area (Å²) in [6.45, 7) is 4.67. The Labute approximate surface area is 170 Å². The zero-order chi connectivity index (χ0) is 19.2. The number of benzene rings is 2. The van der Waals surface area contributed by atoms with Crippen LogP contribution in [0.15, 0.2) is 42.5 Å². The maximum atomic E-state index is 6.17. The van der Waals surface area contributed by atoms with Crippen LogP contribution in [0, 0.1) is 0 Å². The number of methoxy groups -OCH3 is 2. The predicted molar refractivity (Wildman–Crippen MR) is 114 cm³/mol. The number of anilines is 1. The summed E-state index contributed by atoms with van der Waals surface area (Å²) in [5.74, 6) is 1.21. The van der Waals surface area contributed by atoms with Crippen LogP contribution in [-0.4, -0.2) is 55.3 Å². The van der Waals surface area contributed by atoms with E-state index in [9.17, 15) is 0 Å². The Morgan fingerprint density at radius 3 is 2.33 bits per heavy atom. The fourth-order valence-electron chi connectivity index (χ4n) is 3.10. The second-order valence-corrected chi connectivity index (χ2v) is 7.16. The molecule has 2 aromatic rings. The van der Waals surface area contributed by atoms with Crippen LogP contribution in [0.2, 0.25) is 5.02 Å². The van der Waals surface area contributed by atoms with Gasteiger partial charge in [-0.2, -0.15) is 0 Å². The van der Waals surface area contributed by atoms with Crippen LogP contribution < -0.4 is 14.8 Å². The number of halogens is 1. The Morgan fingerprint density at radius 1 is 1.04 bits per heavy atom. The largest absolute Gasteiger partial charge is 0.495 e. The highest BCUT2D eigenvalue weighted by Crippen LogP contribution is 2.36. The van der Waals surface area contributed by atoms with Crippen molar-refractivity contribution in [1.82, 2.24) is 9.80 Å². The molecule has 1 heterocycles. The van der Waals surface area contributed by atoms with Crippen molar-refractivity contribution < 1.29 is 9.47 Å². The van der Waals surface area contributed by atoms with Gasteiger partial charge in [-0.1, -0.05) is 41.9 Å². The van der Waals surface area contributed by atoms with E-state index in [-0.39, 0.29) is 0 Å². The van der Waals surface area contributed by atoms with E-state index in [0.29, 0.717) is 21.6 Å². The molecule has 5 nitrogen and oxygen atoms in total. The van der Waals surface area contributed by atoms with Gasteiger partial charge in [0.1, 0.15) is 11.5 Å². The molecule has 1 aliphatic heterocycles. The van der Waals surface area contributed by atoms with Crippen LogP contribution in [-0.2, 0) is 6.54 Å². The Kier molecular flexibility index (Phi) is 6.77. The monoisotopic (exact) mass is 405 g/mol. The maximum Gasteiger partial charge on any atom is 0.173 e. The number of nitrogens with zero attached hydrogens (tertiary/aromatic N) is 2. The molecule has 0 amide bonds. The molecule has 1 aliphatic rings. The molecule has 27 heavy (non-hydrogen) atoms. The second kappa shape index (κ2) is 9.26. The van der Waals surface area contributed by atoms with Crippen molar-refractivity contribution in [2.75, 3.05) is 45.7 Å². The summed E-state index contributed by atoms with van der Waals surface area (Å²) < 4.78 is 10.7. The van der Waals surface area contributed by atoms with Crippen LogP contribution in [0.5, 0.6) is 11.5 Å². The van der Waals surface area contributed by atoms with Gasteiger partial charge in [0.05, 0.1) is 24.9 Å². The first-order valence-electron chi connectivity index (χ1n) is 8.84. The Balaban J connectivity index is 1.58.